The fourth-order valence-corrected chi connectivity index (χ4v) is 1.83. The van der Waals surface area contributed by atoms with Crippen molar-refractivity contribution in [3.05, 3.63) is 60.0 Å². The van der Waals surface area contributed by atoms with E-state index in [4.69, 9.17) is 5.41 Å². The molecule has 0 aliphatic heterocycles. The average molecular weight is 235 g/mol. The van der Waals surface area contributed by atoms with Crippen molar-refractivity contribution in [2.24, 2.45) is 5.10 Å². The Kier molecular flexibility index (Phi) is 2.44. The van der Waals surface area contributed by atoms with Crippen LogP contribution in [0, 0.1) is 0 Å². The molecule has 0 aliphatic rings. The zero-order chi connectivity index (χ0) is 12.4. The molecular formula is C13H9N5. The average Bonchev–Trinajstić information content (AvgIpc) is 2.80. The second-order valence-corrected chi connectivity index (χ2v) is 3.70. The highest BCUT2D eigenvalue weighted by Crippen LogP contribution is 2.10. The van der Waals surface area contributed by atoms with Crippen LogP contribution in [0.4, 0.5) is 0 Å². The second-order valence-electron chi connectivity index (χ2n) is 3.70. The van der Waals surface area contributed by atoms with Crippen molar-refractivity contribution >= 4 is 17.0 Å². The van der Waals surface area contributed by atoms with Gasteiger partial charge in [0, 0.05) is 0 Å². The van der Waals surface area contributed by atoms with Crippen molar-refractivity contribution in [1.29, 1.82) is 0 Å². The van der Waals surface area contributed by atoms with E-state index in [1.165, 1.54) is 4.79 Å². The lowest BCUT2D eigenvalue weighted by atomic mass is 10.3. The van der Waals surface area contributed by atoms with Gasteiger partial charge in [0.2, 0.25) is 5.52 Å². The molecule has 0 amide bonds. The van der Waals surface area contributed by atoms with Gasteiger partial charge in [-0.3, -0.25) is 0 Å². The van der Waals surface area contributed by atoms with E-state index in [0.717, 1.165) is 16.7 Å². The summed E-state index contributed by atoms with van der Waals surface area (Å²) >= 11 is 0. The van der Waals surface area contributed by atoms with Crippen molar-refractivity contribution in [3.8, 4) is 5.69 Å². The summed E-state index contributed by atoms with van der Waals surface area (Å²) in [6.45, 7) is 0. The molecule has 86 valence electrons. The summed E-state index contributed by atoms with van der Waals surface area (Å²) in [6.07, 6.45) is 0. The SMILES string of the molecule is [N-]=C=N[n+]1c2ccccc2nn1-c1ccccc1. The Labute approximate surface area is 103 Å². The fourth-order valence-electron chi connectivity index (χ4n) is 1.83. The first-order valence-corrected chi connectivity index (χ1v) is 5.46. The minimum absolute atomic E-state index is 0.792. The molecule has 2 aromatic carbocycles. The predicted octanol–water partition coefficient (Wildman–Crippen LogP) is 1.82. The number of rotatable bonds is 2. The molecule has 5 nitrogen and oxygen atoms in total. The largest absolute Gasteiger partial charge is 0.419 e. The number of hydrogen-bond donors (Lipinski definition) is 0. The minimum atomic E-state index is 0.792. The lowest BCUT2D eigenvalue weighted by molar-refractivity contribution is -0.731. The van der Waals surface area contributed by atoms with Crippen molar-refractivity contribution in [2.75, 3.05) is 0 Å². The third-order valence-electron chi connectivity index (χ3n) is 2.61. The summed E-state index contributed by atoms with van der Waals surface area (Å²) in [7, 11) is 0. The van der Waals surface area contributed by atoms with Gasteiger partial charge in [-0.05, 0) is 29.1 Å². The summed E-state index contributed by atoms with van der Waals surface area (Å²) in [4.78, 5) is 3.10. The maximum Gasteiger partial charge on any atom is 0.250 e. The minimum Gasteiger partial charge on any atom is -0.419 e. The number of aromatic nitrogens is 3. The van der Waals surface area contributed by atoms with Crippen molar-refractivity contribution in [1.82, 2.24) is 9.90 Å². The maximum absolute atomic E-state index is 8.79. The Bertz CT molecular complexity index is 738. The second kappa shape index (κ2) is 4.24. The summed E-state index contributed by atoms with van der Waals surface area (Å²) in [6, 6.07) is 18.9. The van der Waals surface area contributed by atoms with Gasteiger partial charge in [0.1, 0.15) is 5.69 Å². The van der Waals surface area contributed by atoms with E-state index in [1.54, 1.807) is 10.8 Å². The molecule has 18 heavy (non-hydrogen) atoms. The van der Waals surface area contributed by atoms with E-state index in [9.17, 15) is 0 Å². The topological polar surface area (TPSA) is 56.4 Å². The highest BCUT2D eigenvalue weighted by Gasteiger charge is 2.16. The van der Waals surface area contributed by atoms with E-state index in [2.05, 4.69) is 10.2 Å². The van der Waals surface area contributed by atoms with Crippen LogP contribution in [-0.4, -0.2) is 15.9 Å². The van der Waals surface area contributed by atoms with Crippen molar-refractivity contribution in [2.45, 2.75) is 0 Å². The van der Waals surface area contributed by atoms with E-state index in [1.807, 2.05) is 54.6 Å². The van der Waals surface area contributed by atoms with Gasteiger partial charge in [0.05, 0.1) is 5.10 Å². The zero-order valence-corrected chi connectivity index (χ0v) is 9.43. The Balaban J connectivity index is 2.35. The third kappa shape index (κ3) is 1.59. The monoisotopic (exact) mass is 235 g/mol. The molecule has 0 fully saturated rings. The van der Waals surface area contributed by atoms with E-state index in [0.29, 0.717) is 0 Å². The molecule has 0 bridgehead atoms. The van der Waals surface area contributed by atoms with Crippen LogP contribution < -0.4 is 4.79 Å². The first-order chi connectivity index (χ1) is 8.90. The number of fused-ring (bicyclic) bond motifs is 1. The summed E-state index contributed by atoms with van der Waals surface area (Å²) < 4.78 is 0. The standard InChI is InChI=1S/C13H9N5/c14-10-15-18-13-9-5-4-8-12(13)16-17(18)11-6-2-1-3-7-11/h1-9H. The van der Waals surface area contributed by atoms with Gasteiger partial charge in [-0.2, -0.15) is 0 Å². The van der Waals surface area contributed by atoms with Gasteiger partial charge in [-0.15, -0.1) is 10.8 Å². The van der Waals surface area contributed by atoms with Crippen LogP contribution in [0.15, 0.2) is 59.7 Å². The van der Waals surface area contributed by atoms with E-state index >= 15 is 0 Å². The Morgan fingerprint density at radius 1 is 1.06 bits per heavy atom. The van der Waals surface area contributed by atoms with Gasteiger partial charge >= 0.3 is 0 Å². The summed E-state index contributed by atoms with van der Waals surface area (Å²) in [5.41, 5.74) is 2.44. The normalized spacial score (nSPS) is 10.2. The molecule has 5 heteroatoms. The highest BCUT2D eigenvalue weighted by molar-refractivity contribution is 5.70. The first-order valence-electron chi connectivity index (χ1n) is 5.46. The fraction of sp³-hybridized carbons (Fsp3) is 0. The number of para-hydroxylation sites is 2. The van der Waals surface area contributed by atoms with Crippen LogP contribution in [0.3, 0.4) is 0 Å². The molecule has 1 heterocycles. The molecule has 0 saturated heterocycles. The van der Waals surface area contributed by atoms with Crippen LogP contribution in [-0.2, 0) is 0 Å². The molecule has 3 rings (SSSR count). The van der Waals surface area contributed by atoms with Crippen molar-refractivity contribution < 1.29 is 4.79 Å². The number of benzene rings is 2. The number of hydrogen-bond acceptors (Lipinski definition) is 2. The molecule has 1 aromatic heterocycles. The lowest BCUT2D eigenvalue weighted by Crippen LogP contribution is -2.38. The Hall–Kier alpha value is -2.78. The molecule has 3 aromatic rings. The summed E-state index contributed by atoms with van der Waals surface area (Å²) in [5.74, 6) is 0. The van der Waals surface area contributed by atoms with Gasteiger partial charge < -0.3 is 5.41 Å². The Morgan fingerprint density at radius 2 is 1.78 bits per heavy atom. The molecule has 0 spiro atoms. The highest BCUT2D eigenvalue weighted by atomic mass is 15.7. The van der Waals surface area contributed by atoms with Gasteiger partial charge in [-0.1, -0.05) is 30.3 Å². The predicted molar refractivity (Wildman–Crippen MR) is 67.5 cm³/mol. The van der Waals surface area contributed by atoms with Crippen LogP contribution in [0.1, 0.15) is 0 Å². The Morgan fingerprint density at radius 3 is 2.56 bits per heavy atom. The molecular weight excluding hydrogens is 226 g/mol. The van der Waals surface area contributed by atoms with Gasteiger partial charge in [0.15, 0.2) is 0 Å². The third-order valence-corrected chi connectivity index (χ3v) is 2.61. The molecule has 0 aliphatic carbocycles. The smallest absolute Gasteiger partial charge is 0.250 e. The van der Waals surface area contributed by atoms with Crippen LogP contribution in [0.25, 0.3) is 22.1 Å². The quantitative estimate of drug-likeness (QED) is 0.493. The van der Waals surface area contributed by atoms with Crippen molar-refractivity contribution in [3.63, 3.8) is 0 Å². The van der Waals surface area contributed by atoms with Gasteiger partial charge in [-0.25, -0.2) is 5.10 Å². The molecule has 0 N–H and O–H groups in total. The van der Waals surface area contributed by atoms with E-state index < -0.39 is 0 Å². The molecule has 0 saturated carbocycles. The number of nitrogens with zero attached hydrogens (tertiary/aromatic N) is 5. The first kappa shape index (κ1) is 10.4. The zero-order valence-electron chi connectivity index (χ0n) is 9.43. The van der Waals surface area contributed by atoms with E-state index in [-0.39, 0.29) is 0 Å². The van der Waals surface area contributed by atoms with Crippen LogP contribution in [0.5, 0.6) is 0 Å². The van der Waals surface area contributed by atoms with Crippen LogP contribution >= 0.6 is 0 Å². The molecule has 0 atom stereocenters. The maximum atomic E-state index is 8.79. The lowest BCUT2D eigenvalue weighted by Gasteiger charge is -1.99. The molecule has 0 radical (unpaired) electrons. The van der Waals surface area contributed by atoms with Crippen LogP contribution in [0.2, 0.25) is 0 Å². The summed E-state index contributed by atoms with van der Waals surface area (Å²) in [5, 5.41) is 17.0. The van der Waals surface area contributed by atoms with Gasteiger partial charge in [0.25, 0.3) is 5.52 Å². The molecule has 0 unspecified atom stereocenters.